The predicted molar refractivity (Wildman–Crippen MR) is 73.7 cm³/mol. The van der Waals surface area contributed by atoms with Crippen LogP contribution in [0, 0.1) is 18.3 Å². The lowest BCUT2D eigenvalue weighted by Crippen LogP contribution is -2.12. The molecule has 2 aromatic rings. The molecule has 7 heteroatoms. The number of nitrogens with zero attached hydrogens (tertiary/aromatic N) is 2. The van der Waals surface area contributed by atoms with Crippen LogP contribution in [0.4, 0.5) is 13.2 Å². The Morgan fingerprint density at radius 1 is 1.27 bits per heavy atom. The van der Waals surface area contributed by atoms with Gasteiger partial charge in [-0.25, -0.2) is 0 Å². The highest BCUT2D eigenvalue weighted by molar-refractivity contribution is 5.94. The van der Waals surface area contributed by atoms with Crippen molar-refractivity contribution in [2.45, 2.75) is 13.1 Å². The second kappa shape index (κ2) is 7.22. The summed E-state index contributed by atoms with van der Waals surface area (Å²) < 4.78 is 35.8. The number of hydrogen-bond donors (Lipinski definition) is 1. The van der Waals surface area contributed by atoms with E-state index in [1.807, 2.05) is 19.1 Å². The molecule has 2 rings (SSSR count). The number of hydrogen-bond acceptors (Lipinski definition) is 3. The lowest BCUT2D eigenvalue weighted by atomic mass is 10.1. The van der Waals surface area contributed by atoms with E-state index >= 15 is 0 Å². The highest BCUT2D eigenvalue weighted by Crippen LogP contribution is 2.27. The van der Waals surface area contributed by atoms with E-state index in [-0.39, 0.29) is 11.5 Å². The molecule has 0 aliphatic carbocycles. The number of pyridine rings is 1. The third kappa shape index (κ3) is 4.90. The van der Waals surface area contributed by atoms with Crippen LogP contribution in [0.2, 0.25) is 0 Å². The van der Waals surface area contributed by atoms with E-state index in [1.54, 1.807) is 18.2 Å². The van der Waals surface area contributed by atoms with Gasteiger partial charge in [0.15, 0.2) is 0 Å². The largest absolute Gasteiger partial charge is 0.433 e. The lowest BCUT2D eigenvalue weighted by Gasteiger charge is -2.03. The Kier molecular flexibility index (Phi) is 5.64. The Balaban J connectivity index is 0.000000224. The summed E-state index contributed by atoms with van der Waals surface area (Å²) in [4.78, 5) is 13.7. The molecule has 0 radical (unpaired) electrons. The molecule has 1 amide bonds. The van der Waals surface area contributed by atoms with Crippen molar-refractivity contribution in [1.29, 1.82) is 5.26 Å². The zero-order chi connectivity index (χ0) is 16.8. The Morgan fingerprint density at radius 3 is 2.36 bits per heavy atom. The number of aromatic nitrogens is 1. The van der Waals surface area contributed by atoms with E-state index in [1.165, 1.54) is 6.07 Å². The van der Waals surface area contributed by atoms with Gasteiger partial charge in [-0.3, -0.25) is 9.78 Å². The number of aryl methyl sites for hydroxylation is 1. The number of alkyl halides is 3. The third-order valence-electron chi connectivity index (χ3n) is 2.59. The van der Waals surface area contributed by atoms with Crippen LogP contribution in [0.25, 0.3) is 0 Å². The monoisotopic (exact) mass is 307 g/mol. The molecule has 0 saturated heterocycles. The average Bonchev–Trinajstić information content (AvgIpc) is 2.47. The molecule has 0 bridgehead atoms. The average molecular weight is 307 g/mol. The van der Waals surface area contributed by atoms with Crippen molar-refractivity contribution in [3.8, 4) is 6.07 Å². The van der Waals surface area contributed by atoms with E-state index in [0.717, 1.165) is 11.8 Å². The van der Waals surface area contributed by atoms with Crippen LogP contribution in [0.5, 0.6) is 0 Å². The number of nitrogens with two attached hydrogens (primary N) is 1. The molecule has 0 spiro atoms. The molecule has 0 unspecified atom stereocenters. The topological polar surface area (TPSA) is 79.8 Å². The van der Waals surface area contributed by atoms with Gasteiger partial charge in [0.05, 0.1) is 11.6 Å². The minimum Gasteiger partial charge on any atom is -0.366 e. The number of benzene rings is 1. The minimum absolute atomic E-state index is 0.0441. The maximum absolute atomic E-state index is 11.9. The molecular formula is C15H12F3N3O. The molecule has 0 aliphatic rings. The summed E-state index contributed by atoms with van der Waals surface area (Å²) in [7, 11) is 0. The van der Waals surface area contributed by atoms with Crippen LogP contribution in [-0.2, 0) is 6.18 Å². The summed E-state index contributed by atoms with van der Waals surface area (Å²) in [5.74, 6) is -0.363. The molecular weight excluding hydrogens is 295 g/mol. The first kappa shape index (κ1) is 17.2. The zero-order valence-corrected chi connectivity index (χ0v) is 11.6. The fourth-order valence-electron chi connectivity index (χ4n) is 1.50. The predicted octanol–water partition coefficient (Wildman–Crippen LogP) is 3.07. The smallest absolute Gasteiger partial charge is 0.366 e. The van der Waals surface area contributed by atoms with Crippen LogP contribution in [0.1, 0.15) is 27.2 Å². The van der Waals surface area contributed by atoms with Crippen molar-refractivity contribution in [1.82, 2.24) is 4.98 Å². The quantitative estimate of drug-likeness (QED) is 0.879. The molecule has 1 aromatic carbocycles. The van der Waals surface area contributed by atoms with Gasteiger partial charge >= 0.3 is 6.18 Å². The molecule has 2 N–H and O–H groups in total. The standard InChI is InChI=1S/C8H9NO.C7H3F3N2/c1-6-4-2-3-5-7(6)8(9)10;8-7(9,10)6-3-5(4-11)1-2-12-6/h2-5H,1H3,(H2,9,10);1-3H. The van der Waals surface area contributed by atoms with Crippen molar-refractivity contribution in [2.24, 2.45) is 5.73 Å². The highest BCUT2D eigenvalue weighted by atomic mass is 19.4. The van der Waals surface area contributed by atoms with Gasteiger partial charge < -0.3 is 5.73 Å². The first-order chi connectivity index (χ1) is 10.3. The third-order valence-corrected chi connectivity index (χ3v) is 2.59. The summed E-state index contributed by atoms with van der Waals surface area (Å²) in [6, 6.07) is 10.8. The van der Waals surface area contributed by atoms with Gasteiger partial charge in [-0.1, -0.05) is 18.2 Å². The summed E-state index contributed by atoms with van der Waals surface area (Å²) in [6.45, 7) is 1.86. The maximum Gasteiger partial charge on any atom is 0.433 e. The number of halogens is 3. The molecule has 0 fully saturated rings. The first-order valence-corrected chi connectivity index (χ1v) is 6.04. The normalized spacial score (nSPS) is 10.1. The lowest BCUT2D eigenvalue weighted by molar-refractivity contribution is -0.141. The number of carbonyl (C=O) groups is 1. The number of primary amides is 1. The number of carbonyl (C=O) groups excluding carboxylic acids is 1. The van der Waals surface area contributed by atoms with E-state index in [2.05, 4.69) is 4.98 Å². The SMILES string of the molecule is Cc1ccccc1C(N)=O.N#Cc1ccnc(C(F)(F)F)c1. The van der Waals surface area contributed by atoms with Gasteiger partial charge in [0.25, 0.3) is 0 Å². The molecule has 22 heavy (non-hydrogen) atoms. The van der Waals surface area contributed by atoms with Crippen molar-refractivity contribution >= 4 is 5.91 Å². The molecule has 1 aromatic heterocycles. The molecule has 0 saturated carbocycles. The summed E-state index contributed by atoms with van der Waals surface area (Å²) in [6.07, 6.45) is -3.52. The van der Waals surface area contributed by atoms with Crippen LogP contribution < -0.4 is 5.73 Å². The van der Waals surface area contributed by atoms with Gasteiger partial charge in [0.1, 0.15) is 5.69 Å². The highest BCUT2D eigenvalue weighted by Gasteiger charge is 2.32. The maximum atomic E-state index is 11.9. The van der Waals surface area contributed by atoms with Gasteiger partial charge in [-0.15, -0.1) is 0 Å². The van der Waals surface area contributed by atoms with E-state index < -0.39 is 11.9 Å². The fourth-order valence-corrected chi connectivity index (χ4v) is 1.50. The van der Waals surface area contributed by atoms with Crippen molar-refractivity contribution < 1.29 is 18.0 Å². The Labute approximate surface area is 125 Å². The van der Waals surface area contributed by atoms with Gasteiger partial charge in [-0.2, -0.15) is 18.4 Å². The van der Waals surface area contributed by atoms with E-state index in [0.29, 0.717) is 11.6 Å². The molecule has 0 atom stereocenters. The summed E-state index contributed by atoms with van der Waals surface area (Å²) in [5.41, 5.74) is 5.52. The van der Waals surface area contributed by atoms with Crippen LogP contribution in [-0.4, -0.2) is 10.9 Å². The minimum atomic E-state index is -4.48. The van der Waals surface area contributed by atoms with Crippen molar-refractivity contribution in [3.63, 3.8) is 0 Å². The Bertz CT molecular complexity index is 706. The fraction of sp³-hybridized carbons (Fsp3) is 0.133. The van der Waals surface area contributed by atoms with E-state index in [4.69, 9.17) is 11.0 Å². The molecule has 0 aliphatic heterocycles. The zero-order valence-electron chi connectivity index (χ0n) is 11.6. The molecule has 114 valence electrons. The van der Waals surface area contributed by atoms with Crippen LogP contribution in [0.3, 0.4) is 0 Å². The molecule has 1 heterocycles. The Morgan fingerprint density at radius 2 is 1.91 bits per heavy atom. The summed E-state index contributed by atoms with van der Waals surface area (Å²) in [5, 5.41) is 8.28. The first-order valence-electron chi connectivity index (χ1n) is 6.04. The van der Waals surface area contributed by atoms with Crippen molar-refractivity contribution in [2.75, 3.05) is 0 Å². The van der Waals surface area contributed by atoms with E-state index in [9.17, 15) is 18.0 Å². The number of nitriles is 1. The van der Waals surface area contributed by atoms with Gasteiger partial charge in [0.2, 0.25) is 5.91 Å². The summed E-state index contributed by atoms with van der Waals surface area (Å²) >= 11 is 0. The molecule has 4 nitrogen and oxygen atoms in total. The second-order valence-corrected chi connectivity index (χ2v) is 4.22. The Hall–Kier alpha value is -2.88. The number of amides is 1. The number of rotatable bonds is 1. The van der Waals surface area contributed by atoms with Crippen LogP contribution >= 0.6 is 0 Å². The van der Waals surface area contributed by atoms with Crippen LogP contribution in [0.15, 0.2) is 42.6 Å². The van der Waals surface area contributed by atoms with Crippen molar-refractivity contribution in [3.05, 3.63) is 65.0 Å². The van der Waals surface area contributed by atoms with Gasteiger partial charge in [0, 0.05) is 11.8 Å². The van der Waals surface area contributed by atoms with Gasteiger partial charge in [-0.05, 0) is 30.7 Å². The second-order valence-electron chi connectivity index (χ2n) is 4.22.